The molecule has 1 N–H and O–H groups in total. The van der Waals surface area contributed by atoms with Crippen molar-refractivity contribution >= 4 is 17.8 Å². The van der Waals surface area contributed by atoms with Crippen molar-refractivity contribution in [2.75, 3.05) is 26.7 Å². The van der Waals surface area contributed by atoms with Gasteiger partial charge in [0.25, 0.3) is 0 Å². The van der Waals surface area contributed by atoms with E-state index in [0.29, 0.717) is 31.7 Å². The van der Waals surface area contributed by atoms with E-state index in [-0.39, 0.29) is 24.9 Å². The van der Waals surface area contributed by atoms with Gasteiger partial charge in [0.05, 0.1) is 12.5 Å². The van der Waals surface area contributed by atoms with Crippen LogP contribution in [0.3, 0.4) is 0 Å². The molecule has 0 bridgehead atoms. The fraction of sp³-hybridized carbons (Fsp3) is 0.812. The van der Waals surface area contributed by atoms with Crippen molar-refractivity contribution in [1.29, 1.82) is 0 Å². The Kier molecular flexibility index (Phi) is 5.80. The van der Waals surface area contributed by atoms with Gasteiger partial charge in [-0.1, -0.05) is 19.3 Å². The van der Waals surface area contributed by atoms with E-state index < -0.39 is 11.9 Å². The monoisotopic (exact) mass is 310 g/mol. The van der Waals surface area contributed by atoms with Crippen LogP contribution in [0.4, 0.5) is 0 Å². The number of amides is 2. The van der Waals surface area contributed by atoms with Crippen LogP contribution in [-0.4, -0.2) is 59.4 Å². The zero-order valence-electron chi connectivity index (χ0n) is 13.3. The second kappa shape index (κ2) is 7.61. The van der Waals surface area contributed by atoms with Crippen LogP contribution in [0.5, 0.6) is 0 Å². The normalized spacial score (nSPS) is 22.0. The van der Waals surface area contributed by atoms with Crippen LogP contribution >= 0.6 is 0 Å². The van der Waals surface area contributed by atoms with E-state index in [1.807, 2.05) is 0 Å². The number of hydrogen-bond donors (Lipinski definition) is 1. The van der Waals surface area contributed by atoms with Gasteiger partial charge in [0.2, 0.25) is 11.8 Å². The molecule has 1 atom stereocenters. The summed E-state index contributed by atoms with van der Waals surface area (Å²) in [7, 11) is 1.65. The number of carboxylic acid groups (broad SMARTS) is 1. The summed E-state index contributed by atoms with van der Waals surface area (Å²) in [5.74, 6) is -0.774. The summed E-state index contributed by atoms with van der Waals surface area (Å²) >= 11 is 0. The van der Waals surface area contributed by atoms with Crippen molar-refractivity contribution in [1.82, 2.24) is 9.80 Å². The number of nitrogens with zero attached hydrogens (tertiary/aromatic N) is 2. The zero-order chi connectivity index (χ0) is 16.1. The standard InChI is InChI=1S/C16H26N2O4/c1-17(14(19)8-7-12-4-2-5-12)11-15(20)18-9-3-6-13(10-18)16(21)22/h12-13H,2-11H2,1H3,(H,21,22). The van der Waals surface area contributed by atoms with Gasteiger partial charge >= 0.3 is 5.97 Å². The number of carboxylic acids is 1. The van der Waals surface area contributed by atoms with Crippen LogP contribution in [0, 0.1) is 11.8 Å². The lowest BCUT2D eigenvalue weighted by atomic mass is 9.82. The lowest BCUT2D eigenvalue weighted by molar-refractivity contribution is -0.147. The summed E-state index contributed by atoms with van der Waals surface area (Å²) in [5.41, 5.74) is 0. The summed E-state index contributed by atoms with van der Waals surface area (Å²) < 4.78 is 0. The molecule has 2 fully saturated rings. The van der Waals surface area contributed by atoms with Gasteiger partial charge in [0, 0.05) is 26.6 Å². The number of likely N-dealkylation sites (tertiary alicyclic amines) is 1. The molecule has 1 aliphatic heterocycles. The van der Waals surface area contributed by atoms with Gasteiger partial charge in [-0.05, 0) is 25.2 Å². The number of likely N-dealkylation sites (N-methyl/N-ethyl adjacent to an activating group) is 1. The molecule has 0 aromatic heterocycles. The maximum atomic E-state index is 12.2. The Morgan fingerprint density at radius 1 is 1.18 bits per heavy atom. The van der Waals surface area contributed by atoms with Gasteiger partial charge in [-0.2, -0.15) is 0 Å². The van der Waals surface area contributed by atoms with Crippen molar-refractivity contribution in [3.63, 3.8) is 0 Å². The fourth-order valence-electron chi connectivity index (χ4n) is 3.10. The highest BCUT2D eigenvalue weighted by Gasteiger charge is 2.29. The van der Waals surface area contributed by atoms with E-state index in [0.717, 1.165) is 6.42 Å². The highest BCUT2D eigenvalue weighted by atomic mass is 16.4. The maximum Gasteiger partial charge on any atom is 0.308 e. The second-order valence-electron chi connectivity index (χ2n) is 6.60. The van der Waals surface area contributed by atoms with Gasteiger partial charge in [-0.3, -0.25) is 14.4 Å². The van der Waals surface area contributed by atoms with E-state index in [2.05, 4.69) is 0 Å². The molecule has 2 aliphatic rings. The summed E-state index contributed by atoms with van der Waals surface area (Å²) in [5, 5.41) is 9.06. The molecular formula is C16H26N2O4. The second-order valence-corrected chi connectivity index (χ2v) is 6.60. The van der Waals surface area contributed by atoms with Crippen molar-refractivity contribution < 1.29 is 19.5 Å². The highest BCUT2D eigenvalue weighted by molar-refractivity contribution is 5.85. The third-order valence-electron chi connectivity index (χ3n) is 4.91. The number of carbonyl (C=O) groups is 3. The Hall–Kier alpha value is -1.59. The Morgan fingerprint density at radius 2 is 1.91 bits per heavy atom. The number of rotatable bonds is 6. The topological polar surface area (TPSA) is 77.9 Å². The highest BCUT2D eigenvalue weighted by Crippen LogP contribution is 2.30. The zero-order valence-corrected chi connectivity index (χ0v) is 13.3. The molecule has 0 radical (unpaired) electrons. The average Bonchev–Trinajstić information content (AvgIpc) is 2.45. The first-order valence-corrected chi connectivity index (χ1v) is 8.22. The van der Waals surface area contributed by atoms with Gasteiger partial charge in [0.15, 0.2) is 0 Å². The van der Waals surface area contributed by atoms with Crippen LogP contribution < -0.4 is 0 Å². The van der Waals surface area contributed by atoms with Crippen molar-refractivity contribution in [3.05, 3.63) is 0 Å². The molecule has 0 spiro atoms. The quantitative estimate of drug-likeness (QED) is 0.803. The minimum Gasteiger partial charge on any atom is -0.481 e. The predicted octanol–water partition coefficient (Wildman–Crippen LogP) is 1.35. The number of carbonyl (C=O) groups excluding carboxylic acids is 2. The lowest BCUT2D eigenvalue weighted by Crippen LogP contribution is -2.46. The number of aliphatic carboxylic acids is 1. The van der Waals surface area contributed by atoms with E-state index in [1.165, 1.54) is 24.2 Å². The van der Waals surface area contributed by atoms with Crippen molar-refractivity contribution in [2.45, 2.75) is 44.9 Å². The molecule has 6 nitrogen and oxygen atoms in total. The van der Waals surface area contributed by atoms with Crippen LogP contribution in [0.25, 0.3) is 0 Å². The van der Waals surface area contributed by atoms with Gasteiger partial charge in [-0.25, -0.2) is 0 Å². The Balaban J connectivity index is 1.74. The molecule has 1 saturated heterocycles. The third-order valence-corrected chi connectivity index (χ3v) is 4.91. The first-order valence-electron chi connectivity index (χ1n) is 8.22. The number of piperidine rings is 1. The fourth-order valence-corrected chi connectivity index (χ4v) is 3.10. The van der Waals surface area contributed by atoms with E-state index in [4.69, 9.17) is 5.11 Å². The molecule has 2 rings (SSSR count). The Morgan fingerprint density at radius 3 is 2.50 bits per heavy atom. The molecular weight excluding hydrogens is 284 g/mol. The molecule has 1 aliphatic carbocycles. The molecule has 22 heavy (non-hydrogen) atoms. The summed E-state index contributed by atoms with van der Waals surface area (Å²) in [6.07, 6.45) is 6.47. The first-order chi connectivity index (χ1) is 10.5. The largest absolute Gasteiger partial charge is 0.481 e. The van der Waals surface area contributed by atoms with Crippen LogP contribution in [0.2, 0.25) is 0 Å². The van der Waals surface area contributed by atoms with Gasteiger partial charge in [-0.15, -0.1) is 0 Å². The van der Waals surface area contributed by atoms with Crippen molar-refractivity contribution in [3.8, 4) is 0 Å². The number of hydrogen-bond acceptors (Lipinski definition) is 3. The molecule has 0 aromatic rings. The average molecular weight is 310 g/mol. The van der Waals surface area contributed by atoms with Crippen LogP contribution in [-0.2, 0) is 14.4 Å². The maximum absolute atomic E-state index is 12.2. The molecule has 1 unspecified atom stereocenters. The molecule has 1 saturated carbocycles. The molecule has 0 aromatic carbocycles. The molecule has 6 heteroatoms. The van der Waals surface area contributed by atoms with Crippen LogP contribution in [0.15, 0.2) is 0 Å². The third kappa shape index (κ3) is 4.45. The van der Waals surface area contributed by atoms with Crippen molar-refractivity contribution in [2.24, 2.45) is 11.8 Å². The Bertz CT molecular complexity index is 434. The first kappa shape index (κ1) is 16.8. The molecule has 2 amide bonds. The van der Waals surface area contributed by atoms with E-state index in [9.17, 15) is 14.4 Å². The van der Waals surface area contributed by atoms with E-state index >= 15 is 0 Å². The molecule has 1 heterocycles. The summed E-state index contributed by atoms with van der Waals surface area (Å²) in [6.45, 7) is 0.904. The van der Waals surface area contributed by atoms with Gasteiger partial charge < -0.3 is 14.9 Å². The van der Waals surface area contributed by atoms with Crippen LogP contribution in [0.1, 0.15) is 44.9 Å². The summed E-state index contributed by atoms with van der Waals surface area (Å²) in [6, 6.07) is 0. The molecule has 124 valence electrons. The minimum atomic E-state index is -0.845. The summed E-state index contributed by atoms with van der Waals surface area (Å²) in [4.78, 5) is 38.4. The van der Waals surface area contributed by atoms with E-state index in [1.54, 1.807) is 11.9 Å². The lowest BCUT2D eigenvalue weighted by Gasteiger charge is -2.32. The van der Waals surface area contributed by atoms with Gasteiger partial charge in [0.1, 0.15) is 0 Å². The Labute approximate surface area is 131 Å². The smallest absolute Gasteiger partial charge is 0.308 e. The SMILES string of the molecule is CN(CC(=O)N1CCCC(C(=O)O)C1)C(=O)CCC1CCC1. The predicted molar refractivity (Wildman–Crippen MR) is 81.2 cm³/mol. The minimum absolute atomic E-state index is 0.00652.